The maximum Gasteiger partial charge on any atom is 0.267 e. The molecule has 0 aliphatic carbocycles. The Kier molecular flexibility index (Phi) is 5.00. The maximum atomic E-state index is 12.4. The van der Waals surface area contributed by atoms with Crippen LogP contribution in [0, 0.1) is 0 Å². The molecule has 25 heavy (non-hydrogen) atoms. The first-order valence-corrected chi connectivity index (χ1v) is 8.16. The van der Waals surface area contributed by atoms with Crippen molar-refractivity contribution in [3.05, 3.63) is 65.2 Å². The molecule has 1 aliphatic heterocycles. The predicted octanol–water partition coefficient (Wildman–Crippen LogP) is 2.08. The number of hydrogen-bond acceptors (Lipinski definition) is 4. The fraction of sp³-hybridized carbons (Fsp3) is 0.167. The number of hydrazone groups is 1. The summed E-state index contributed by atoms with van der Waals surface area (Å²) in [6, 6.07) is 15.7. The predicted molar refractivity (Wildman–Crippen MR) is 97.3 cm³/mol. The number of nitrogens with one attached hydrogen (secondary N) is 1. The zero-order chi connectivity index (χ0) is 17.8. The van der Waals surface area contributed by atoms with Gasteiger partial charge in [-0.2, -0.15) is 5.10 Å². The van der Waals surface area contributed by atoms with E-state index in [1.807, 2.05) is 42.5 Å². The van der Waals surface area contributed by atoms with E-state index in [0.717, 1.165) is 5.56 Å². The molecule has 2 aromatic rings. The van der Waals surface area contributed by atoms with Gasteiger partial charge in [-0.1, -0.05) is 41.9 Å². The molecule has 1 atom stereocenters. The molecule has 0 fully saturated rings. The van der Waals surface area contributed by atoms with Gasteiger partial charge < -0.3 is 11.1 Å². The first-order valence-electron chi connectivity index (χ1n) is 7.78. The van der Waals surface area contributed by atoms with Gasteiger partial charge in [0.1, 0.15) is 11.8 Å². The summed E-state index contributed by atoms with van der Waals surface area (Å²) >= 11 is 5.93. The molecule has 1 aliphatic rings. The van der Waals surface area contributed by atoms with E-state index >= 15 is 0 Å². The van der Waals surface area contributed by atoms with Crippen LogP contribution in [-0.4, -0.2) is 23.6 Å². The Morgan fingerprint density at radius 3 is 2.64 bits per heavy atom. The molecule has 0 saturated heterocycles. The lowest BCUT2D eigenvalue weighted by molar-refractivity contribution is -0.119. The van der Waals surface area contributed by atoms with Crippen LogP contribution in [0.15, 0.2) is 59.7 Å². The third-order valence-electron chi connectivity index (χ3n) is 3.86. The van der Waals surface area contributed by atoms with Gasteiger partial charge in [0, 0.05) is 18.0 Å². The van der Waals surface area contributed by atoms with Gasteiger partial charge >= 0.3 is 0 Å². The summed E-state index contributed by atoms with van der Waals surface area (Å²) in [6.07, 6.45) is 0.172. The van der Waals surface area contributed by atoms with E-state index in [9.17, 15) is 9.59 Å². The molecule has 7 heteroatoms. The van der Waals surface area contributed by atoms with Crippen molar-refractivity contribution in [2.24, 2.45) is 10.8 Å². The van der Waals surface area contributed by atoms with Crippen molar-refractivity contribution >= 4 is 34.8 Å². The quantitative estimate of drug-likeness (QED) is 0.859. The van der Waals surface area contributed by atoms with Crippen molar-refractivity contribution in [2.45, 2.75) is 19.0 Å². The highest BCUT2D eigenvalue weighted by Crippen LogP contribution is 2.24. The highest BCUT2D eigenvalue weighted by Gasteiger charge is 2.34. The molecule has 128 valence electrons. The van der Waals surface area contributed by atoms with Crippen molar-refractivity contribution in [3.63, 3.8) is 0 Å². The van der Waals surface area contributed by atoms with Crippen molar-refractivity contribution in [1.29, 1.82) is 0 Å². The van der Waals surface area contributed by atoms with Crippen LogP contribution in [0.3, 0.4) is 0 Å². The monoisotopic (exact) mass is 356 g/mol. The van der Waals surface area contributed by atoms with Crippen LogP contribution >= 0.6 is 11.6 Å². The number of halogens is 1. The third kappa shape index (κ3) is 3.97. The summed E-state index contributed by atoms with van der Waals surface area (Å²) in [5, 5.41) is 9.20. The number of nitrogens with two attached hydrogens (primary N) is 1. The lowest BCUT2D eigenvalue weighted by Crippen LogP contribution is -2.39. The second-order valence-corrected chi connectivity index (χ2v) is 6.10. The van der Waals surface area contributed by atoms with E-state index in [-0.39, 0.29) is 18.0 Å². The molecular formula is C18H17ClN4O2. The average Bonchev–Trinajstić information content (AvgIpc) is 3.06. The van der Waals surface area contributed by atoms with Crippen molar-refractivity contribution in [3.8, 4) is 0 Å². The topological polar surface area (TPSA) is 87.8 Å². The summed E-state index contributed by atoms with van der Waals surface area (Å²) in [6.45, 7) is 0.324. The molecule has 0 radical (unpaired) electrons. The molecule has 0 aromatic heterocycles. The van der Waals surface area contributed by atoms with Crippen LogP contribution in [0.5, 0.6) is 0 Å². The van der Waals surface area contributed by atoms with Crippen molar-refractivity contribution in [1.82, 2.24) is 5.32 Å². The lowest BCUT2D eigenvalue weighted by Gasteiger charge is -2.20. The third-order valence-corrected chi connectivity index (χ3v) is 4.10. The number of amides is 2. The molecule has 2 amide bonds. The molecule has 3 rings (SSSR count). The number of anilines is 1. The number of carbonyl (C=O) groups is 2. The number of carbonyl (C=O) groups excluding carboxylic acids is 2. The molecule has 0 spiro atoms. The Balaban J connectivity index is 1.73. The SMILES string of the molecule is NC(=O)C1CC(C(=O)NCc2cccc(Cl)c2)=NN1c1ccccc1. The van der Waals surface area contributed by atoms with Crippen LogP contribution in [-0.2, 0) is 16.1 Å². The summed E-state index contributed by atoms with van der Waals surface area (Å²) < 4.78 is 0. The standard InChI is InChI=1S/C18H17ClN4O2/c19-13-6-4-5-12(9-13)11-21-18(25)15-10-16(17(20)24)23(22-15)14-7-2-1-3-8-14/h1-9,16H,10-11H2,(H2,20,24)(H,21,25). The zero-order valence-electron chi connectivity index (χ0n) is 13.4. The Morgan fingerprint density at radius 2 is 1.96 bits per heavy atom. The number of para-hydroxylation sites is 1. The Hall–Kier alpha value is -2.86. The molecule has 0 saturated carbocycles. The van der Waals surface area contributed by atoms with Crippen LogP contribution in [0.1, 0.15) is 12.0 Å². The van der Waals surface area contributed by atoms with E-state index in [2.05, 4.69) is 10.4 Å². The van der Waals surface area contributed by atoms with Crippen LogP contribution < -0.4 is 16.1 Å². The Morgan fingerprint density at radius 1 is 1.20 bits per heavy atom. The van der Waals surface area contributed by atoms with Gasteiger partial charge in [-0.15, -0.1) is 0 Å². The minimum absolute atomic E-state index is 0.172. The fourth-order valence-electron chi connectivity index (χ4n) is 2.62. The van der Waals surface area contributed by atoms with E-state index in [1.54, 1.807) is 12.1 Å². The minimum Gasteiger partial charge on any atom is -0.368 e. The van der Waals surface area contributed by atoms with E-state index in [0.29, 0.717) is 17.3 Å². The van der Waals surface area contributed by atoms with Gasteiger partial charge in [-0.3, -0.25) is 14.6 Å². The molecule has 3 N–H and O–H groups in total. The molecule has 1 unspecified atom stereocenters. The summed E-state index contributed by atoms with van der Waals surface area (Å²) in [5.41, 5.74) is 7.33. The zero-order valence-corrected chi connectivity index (χ0v) is 14.1. The first kappa shape index (κ1) is 17.0. The largest absolute Gasteiger partial charge is 0.368 e. The van der Waals surface area contributed by atoms with Gasteiger partial charge in [0.05, 0.1) is 5.69 Å². The van der Waals surface area contributed by atoms with Gasteiger partial charge in [-0.25, -0.2) is 0 Å². The molecular weight excluding hydrogens is 340 g/mol. The lowest BCUT2D eigenvalue weighted by atomic mass is 10.1. The first-order chi connectivity index (χ1) is 12.0. The number of rotatable bonds is 5. The summed E-state index contributed by atoms with van der Waals surface area (Å²) in [4.78, 5) is 24.1. The second-order valence-electron chi connectivity index (χ2n) is 5.66. The van der Waals surface area contributed by atoms with Crippen molar-refractivity contribution in [2.75, 3.05) is 5.01 Å². The maximum absolute atomic E-state index is 12.4. The van der Waals surface area contributed by atoms with Gasteiger partial charge in [0.15, 0.2) is 0 Å². The van der Waals surface area contributed by atoms with Crippen LogP contribution in [0.25, 0.3) is 0 Å². The minimum atomic E-state index is -0.672. The molecule has 2 aromatic carbocycles. The highest BCUT2D eigenvalue weighted by molar-refractivity contribution is 6.40. The second kappa shape index (κ2) is 7.36. The Labute approximate surface area is 150 Å². The van der Waals surface area contributed by atoms with E-state index in [4.69, 9.17) is 17.3 Å². The van der Waals surface area contributed by atoms with Crippen LogP contribution in [0.2, 0.25) is 5.02 Å². The average molecular weight is 357 g/mol. The molecule has 0 bridgehead atoms. The number of benzene rings is 2. The number of nitrogens with zero attached hydrogens (tertiary/aromatic N) is 2. The fourth-order valence-corrected chi connectivity index (χ4v) is 2.83. The summed E-state index contributed by atoms with van der Waals surface area (Å²) in [5.74, 6) is -0.852. The van der Waals surface area contributed by atoms with Crippen molar-refractivity contribution < 1.29 is 9.59 Å². The normalized spacial score (nSPS) is 16.4. The smallest absolute Gasteiger partial charge is 0.267 e. The van der Waals surface area contributed by atoms with E-state index < -0.39 is 11.9 Å². The Bertz CT molecular complexity index is 823. The molecule has 6 nitrogen and oxygen atoms in total. The highest BCUT2D eigenvalue weighted by atomic mass is 35.5. The van der Waals surface area contributed by atoms with Gasteiger partial charge in [0.2, 0.25) is 5.91 Å². The summed E-state index contributed by atoms with van der Waals surface area (Å²) in [7, 11) is 0. The van der Waals surface area contributed by atoms with Gasteiger partial charge in [-0.05, 0) is 29.8 Å². The van der Waals surface area contributed by atoms with Gasteiger partial charge in [0.25, 0.3) is 5.91 Å². The van der Waals surface area contributed by atoms with E-state index in [1.165, 1.54) is 5.01 Å². The number of hydrogen-bond donors (Lipinski definition) is 2. The molecule has 1 heterocycles. The van der Waals surface area contributed by atoms with Crippen LogP contribution in [0.4, 0.5) is 5.69 Å². The number of primary amides is 1.